The molecule has 0 spiro atoms. The van der Waals surface area contributed by atoms with Crippen LogP contribution >= 0.6 is 0 Å². The van der Waals surface area contributed by atoms with Gasteiger partial charge in [-0.05, 0) is 44.5 Å². The third kappa shape index (κ3) is 3.41. The molecule has 96 valence electrons. The van der Waals surface area contributed by atoms with Crippen LogP contribution < -0.4 is 5.32 Å². The molecule has 1 rings (SSSR count). The van der Waals surface area contributed by atoms with Crippen molar-refractivity contribution in [2.75, 3.05) is 5.32 Å². The Labute approximate surface area is 104 Å². The van der Waals surface area contributed by atoms with E-state index in [9.17, 15) is 14.0 Å². The molecule has 18 heavy (non-hydrogen) atoms. The molecule has 1 aromatic carbocycles. The van der Waals surface area contributed by atoms with Crippen LogP contribution in [0.25, 0.3) is 0 Å². The first-order valence-corrected chi connectivity index (χ1v) is 5.30. The van der Waals surface area contributed by atoms with Gasteiger partial charge in [0.2, 0.25) is 0 Å². The summed E-state index contributed by atoms with van der Waals surface area (Å²) in [5.41, 5.74) is 1.02. The summed E-state index contributed by atoms with van der Waals surface area (Å²) in [6.07, 6.45) is 0. The van der Waals surface area contributed by atoms with Crippen molar-refractivity contribution in [2.45, 2.75) is 20.8 Å². The van der Waals surface area contributed by atoms with Gasteiger partial charge < -0.3 is 10.4 Å². The predicted molar refractivity (Wildman–Crippen MR) is 65.8 cm³/mol. The second kappa shape index (κ2) is 5.44. The molecule has 0 radical (unpaired) electrons. The minimum atomic E-state index is -1.15. The first-order chi connectivity index (χ1) is 8.31. The fraction of sp³-hybridized carbons (Fsp3) is 0.231. The highest BCUT2D eigenvalue weighted by molar-refractivity contribution is 6.08. The van der Waals surface area contributed by atoms with Crippen LogP contribution in [-0.4, -0.2) is 17.0 Å². The van der Waals surface area contributed by atoms with Gasteiger partial charge in [0.15, 0.2) is 0 Å². The van der Waals surface area contributed by atoms with Crippen LogP contribution in [0.1, 0.15) is 19.4 Å². The number of nitrogens with one attached hydrogen (secondary N) is 1. The number of benzene rings is 1. The van der Waals surface area contributed by atoms with E-state index < -0.39 is 17.7 Å². The van der Waals surface area contributed by atoms with E-state index >= 15 is 0 Å². The molecule has 0 saturated heterocycles. The summed E-state index contributed by atoms with van der Waals surface area (Å²) in [5.74, 6) is -2.17. The Bertz CT molecular complexity index is 515. The Balaban J connectivity index is 2.95. The van der Waals surface area contributed by atoms with Gasteiger partial charge in [0.1, 0.15) is 5.82 Å². The van der Waals surface area contributed by atoms with E-state index in [4.69, 9.17) is 5.11 Å². The molecule has 0 atom stereocenters. The van der Waals surface area contributed by atoms with E-state index in [0.29, 0.717) is 11.3 Å². The molecule has 0 aliphatic carbocycles. The highest BCUT2D eigenvalue weighted by Gasteiger charge is 2.13. The zero-order valence-electron chi connectivity index (χ0n) is 10.4. The second-order valence-electron chi connectivity index (χ2n) is 4.03. The van der Waals surface area contributed by atoms with Gasteiger partial charge in [0, 0.05) is 16.8 Å². The molecular weight excluding hydrogens is 237 g/mol. The van der Waals surface area contributed by atoms with Gasteiger partial charge in [0.05, 0.1) is 0 Å². The van der Waals surface area contributed by atoms with Crippen LogP contribution in [0.3, 0.4) is 0 Å². The SMILES string of the molecule is CC(C(=O)O)=C(C)C(=O)Nc1cc(C)cc(F)c1. The number of amides is 1. The number of carboxylic acid groups (broad SMARTS) is 1. The molecule has 0 aliphatic heterocycles. The molecule has 0 bridgehead atoms. The third-order valence-corrected chi connectivity index (χ3v) is 2.52. The van der Waals surface area contributed by atoms with Crippen molar-refractivity contribution in [3.8, 4) is 0 Å². The number of hydrogen-bond donors (Lipinski definition) is 2. The topological polar surface area (TPSA) is 66.4 Å². The quantitative estimate of drug-likeness (QED) is 0.811. The molecule has 2 N–H and O–H groups in total. The first-order valence-electron chi connectivity index (χ1n) is 5.30. The van der Waals surface area contributed by atoms with E-state index in [2.05, 4.69) is 5.32 Å². The van der Waals surface area contributed by atoms with Gasteiger partial charge in [0.25, 0.3) is 5.91 Å². The van der Waals surface area contributed by atoms with Crippen molar-refractivity contribution < 1.29 is 19.1 Å². The molecule has 1 amide bonds. The summed E-state index contributed by atoms with van der Waals surface area (Å²) in [6.45, 7) is 4.45. The summed E-state index contributed by atoms with van der Waals surface area (Å²) in [4.78, 5) is 22.4. The number of anilines is 1. The molecule has 4 nitrogen and oxygen atoms in total. The second-order valence-corrected chi connectivity index (χ2v) is 4.03. The zero-order valence-corrected chi connectivity index (χ0v) is 10.4. The van der Waals surface area contributed by atoms with E-state index in [1.165, 1.54) is 26.0 Å². The first kappa shape index (κ1) is 13.9. The lowest BCUT2D eigenvalue weighted by atomic mass is 10.1. The van der Waals surface area contributed by atoms with Crippen molar-refractivity contribution in [3.63, 3.8) is 0 Å². The van der Waals surface area contributed by atoms with Crippen molar-refractivity contribution >= 4 is 17.6 Å². The number of rotatable bonds is 3. The van der Waals surface area contributed by atoms with E-state index in [1.54, 1.807) is 13.0 Å². The Morgan fingerprint density at radius 2 is 1.78 bits per heavy atom. The van der Waals surface area contributed by atoms with E-state index in [1.807, 2.05) is 0 Å². The maximum absolute atomic E-state index is 13.1. The molecule has 1 aromatic rings. The maximum Gasteiger partial charge on any atom is 0.331 e. The van der Waals surface area contributed by atoms with Crippen molar-refractivity contribution in [2.24, 2.45) is 0 Å². The normalized spacial score (nSPS) is 11.8. The molecule has 0 aliphatic rings. The predicted octanol–water partition coefficient (Wildman–Crippen LogP) is 2.49. The van der Waals surface area contributed by atoms with Gasteiger partial charge in [-0.15, -0.1) is 0 Å². The van der Waals surface area contributed by atoms with Gasteiger partial charge >= 0.3 is 5.97 Å². The number of hydrogen-bond acceptors (Lipinski definition) is 2. The molecule has 5 heteroatoms. The summed E-state index contributed by atoms with van der Waals surface area (Å²) >= 11 is 0. The van der Waals surface area contributed by atoms with Crippen molar-refractivity contribution in [3.05, 3.63) is 40.7 Å². The van der Waals surface area contributed by atoms with Crippen LogP contribution in [0.15, 0.2) is 29.3 Å². The zero-order chi connectivity index (χ0) is 13.9. The Morgan fingerprint density at radius 1 is 1.17 bits per heavy atom. The lowest BCUT2D eigenvalue weighted by Crippen LogP contribution is -2.16. The number of carbonyl (C=O) groups is 2. The number of halogens is 1. The molecular formula is C13H14FNO3. The highest BCUT2D eigenvalue weighted by Crippen LogP contribution is 2.15. The van der Waals surface area contributed by atoms with Crippen LogP contribution in [0.2, 0.25) is 0 Å². The highest BCUT2D eigenvalue weighted by atomic mass is 19.1. The van der Waals surface area contributed by atoms with Crippen LogP contribution in [0, 0.1) is 12.7 Å². The smallest absolute Gasteiger partial charge is 0.331 e. The maximum atomic E-state index is 13.1. The molecule has 0 unspecified atom stereocenters. The average Bonchev–Trinajstić information content (AvgIpc) is 2.25. The summed E-state index contributed by atoms with van der Waals surface area (Å²) in [6, 6.07) is 4.11. The van der Waals surface area contributed by atoms with E-state index in [-0.39, 0.29) is 11.1 Å². The lowest BCUT2D eigenvalue weighted by Gasteiger charge is -2.08. The molecule has 0 heterocycles. The van der Waals surface area contributed by atoms with Gasteiger partial charge in [-0.25, -0.2) is 9.18 Å². The number of carboxylic acids is 1. The minimum Gasteiger partial charge on any atom is -0.478 e. The number of aryl methyl sites for hydroxylation is 1. The lowest BCUT2D eigenvalue weighted by molar-refractivity contribution is -0.133. The van der Waals surface area contributed by atoms with Crippen LogP contribution in [0.4, 0.5) is 10.1 Å². The number of carbonyl (C=O) groups excluding carboxylic acids is 1. The van der Waals surface area contributed by atoms with Gasteiger partial charge in [-0.3, -0.25) is 4.79 Å². The Kier molecular flexibility index (Phi) is 4.20. The van der Waals surface area contributed by atoms with Crippen LogP contribution in [-0.2, 0) is 9.59 Å². The third-order valence-electron chi connectivity index (χ3n) is 2.52. The summed E-state index contributed by atoms with van der Waals surface area (Å²) in [5, 5.41) is 11.2. The standard InChI is InChI=1S/C13H14FNO3/c1-7-4-10(14)6-11(5-7)15-12(16)8(2)9(3)13(17)18/h4-6H,1-3H3,(H,15,16)(H,17,18). The Hall–Kier alpha value is -2.17. The fourth-order valence-electron chi connectivity index (χ4n) is 1.36. The van der Waals surface area contributed by atoms with Crippen LogP contribution in [0.5, 0.6) is 0 Å². The fourth-order valence-corrected chi connectivity index (χ4v) is 1.36. The molecule has 0 fully saturated rings. The van der Waals surface area contributed by atoms with Crippen molar-refractivity contribution in [1.29, 1.82) is 0 Å². The van der Waals surface area contributed by atoms with Gasteiger partial charge in [-0.1, -0.05) is 0 Å². The summed E-state index contributed by atoms with van der Waals surface area (Å²) < 4.78 is 13.1. The summed E-state index contributed by atoms with van der Waals surface area (Å²) in [7, 11) is 0. The van der Waals surface area contributed by atoms with E-state index in [0.717, 1.165) is 0 Å². The molecule has 0 saturated carbocycles. The average molecular weight is 251 g/mol. The van der Waals surface area contributed by atoms with Gasteiger partial charge in [-0.2, -0.15) is 0 Å². The number of aliphatic carboxylic acids is 1. The monoisotopic (exact) mass is 251 g/mol. The largest absolute Gasteiger partial charge is 0.478 e. The minimum absolute atomic E-state index is 0.0411. The van der Waals surface area contributed by atoms with Crippen molar-refractivity contribution in [1.82, 2.24) is 0 Å². The molecule has 0 aromatic heterocycles. The Morgan fingerprint density at radius 3 is 2.28 bits per heavy atom.